The van der Waals surface area contributed by atoms with E-state index in [4.69, 9.17) is 5.73 Å². The SMILES string of the molecule is N[C@@H]1CC23CCCC2(O)[C@@]3(C(=O)NCc2cc(C(F)(F)F)cc(C(F)(F)F)c2)C1. The fraction of sp³-hybridized carbons (Fsp3) is 0.632. The quantitative estimate of drug-likeness (QED) is 0.654. The molecule has 3 aliphatic carbocycles. The van der Waals surface area contributed by atoms with Crippen LogP contribution >= 0.6 is 0 Å². The maximum atomic E-state index is 13.0. The van der Waals surface area contributed by atoms with Crippen LogP contribution in [0.25, 0.3) is 0 Å². The fourth-order valence-corrected chi connectivity index (χ4v) is 6.02. The van der Waals surface area contributed by atoms with Crippen molar-refractivity contribution in [3.8, 4) is 0 Å². The lowest BCUT2D eigenvalue weighted by atomic mass is 9.89. The minimum Gasteiger partial charge on any atom is -0.388 e. The zero-order chi connectivity index (χ0) is 21.5. The molecule has 2 unspecified atom stereocenters. The van der Waals surface area contributed by atoms with Gasteiger partial charge < -0.3 is 16.2 Å². The van der Waals surface area contributed by atoms with Crippen molar-refractivity contribution < 1.29 is 36.2 Å². The molecule has 0 radical (unpaired) electrons. The Morgan fingerprint density at radius 3 is 2.21 bits per heavy atom. The fourth-order valence-electron chi connectivity index (χ4n) is 6.02. The monoisotopic (exact) mass is 422 g/mol. The molecule has 1 aromatic carbocycles. The lowest BCUT2D eigenvalue weighted by Crippen LogP contribution is -2.40. The number of fused-ring (bicyclic) bond motifs is 1. The number of halogens is 6. The van der Waals surface area contributed by atoms with Gasteiger partial charge >= 0.3 is 12.4 Å². The Hall–Kier alpha value is -1.81. The summed E-state index contributed by atoms with van der Waals surface area (Å²) in [4.78, 5) is 12.9. The van der Waals surface area contributed by atoms with E-state index in [2.05, 4.69) is 5.32 Å². The van der Waals surface area contributed by atoms with Gasteiger partial charge in [-0.05, 0) is 55.9 Å². The summed E-state index contributed by atoms with van der Waals surface area (Å²) in [5, 5.41) is 13.4. The van der Waals surface area contributed by atoms with Gasteiger partial charge in [0.15, 0.2) is 0 Å². The smallest absolute Gasteiger partial charge is 0.388 e. The maximum Gasteiger partial charge on any atom is 0.416 e. The molecular formula is C19H20F6N2O2. The van der Waals surface area contributed by atoms with Crippen LogP contribution in [0.4, 0.5) is 26.3 Å². The third-order valence-corrected chi connectivity index (χ3v) is 7.06. The van der Waals surface area contributed by atoms with Crippen molar-refractivity contribution >= 4 is 5.91 Å². The number of benzene rings is 1. The van der Waals surface area contributed by atoms with Crippen molar-refractivity contribution in [3.05, 3.63) is 34.9 Å². The number of amides is 1. The van der Waals surface area contributed by atoms with Crippen LogP contribution in [0.3, 0.4) is 0 Å². The summed E-state index contributed by atoms with van der Waals surface area (Å²) in [5.41, 5.74) is -0.118. The second-order valence-electron chi connectivity index (χ2n) is 8.47. The second-order valence-corrected chi connectivity index (χ2v) is 8.47. The van der Waals surface area contributed by atoms with E-state index in [-0.39, 0.29) is 24.1 Å². The van der Waals surface area contributed by atoms with Gasteiger partial charge in [-0.2, -0.15) is 26.3 Å². The molecule has 0 saturated heterocycles. The molecule has 0 bridgehead atoms. The molecule has 3 aliphatic rings. The minimum absolute atomic E-state index is 0.0446. The lowest BCUT2D eigenvalue weighted by molar-refractivity contribution is -0.143. The highest BCUT2D eigenvalue weighted by Crippen LogP contribution is 2.85. The van der Waals surface area contributed by atoms with Crippen LogP contribution in [-0.4, -0.2) is 22.7 Å². The number of hydrogen-bond acceptors (Lipinski definition) is 3. The highest BCUT2D eigenvalue weighted by Gasteiger charge is 2.93. The van der Waals surface area contributed by atoms with Gasteiger partial charge in [0.25, 0.3) is 0 Å². The van der Waals surface area contributed by atoms with Gasteiger partial charge in [-0.3, -0.25) is 4.79 Å². The van der Waals surface area contributed by atoms with Gasteiger partial charge in [-0.15, -0.1) is 0 Å². The first-order valence-corrected chi connectivity index (χ1v) is 9.31. The van der Waals surface area contributed by atoms with Gasteiger partial charge in [0.2, 0.25) is 5.91 Å². The summed E-state index contributed by atoms with van der Waals surface area (Å²) in [6, 6.07) is 0.949. The zero-order valence-corrected chi connectivity index (χ0v) is 15.3. The van der Waals surface area contributed by atoms with E-state index < -0.39 is 52.4 Å². The lowest BCUT2D eigenvalue weighted by Gasteiger charge is -2.23. The predicted molar refractivity (Wildman–Crippen MR) is 89.2 cm³/mol. The summed E-state index contributed by atoms with van der Waals surface area (Å²) in [6.07, 6.45) is -7.35. The average molecular weight is 422 g/mol. The number of carbonyl (C=O) groups excluding carboxylic acids is 1. The summed E-state index contributed by atoms with van der Waals surface area (Å²) in [5.74, 6) is -0.557. The molecule has 4 nitrogen and oxygen atoms in total. The summed E-state index contributed by atoms with van der Waals surface area (Å²) in [6.45, 7) is -0.505. The first kappa shape index (κ1) is 20.5. The number of nitrogens with two attached hydrogens (primary N) is 1. The Morgan fingerprint density at radius 1 is 1.07 bits per heavy atom. The van der Waals surface area contributed by atoms with Crippen molar-refractivity contribution in [2.75, 3.05) is 0 Å². The van der Waals surface area contributed by atoms with Gasteiger partial charge in [0, 0.05) is 18.0 Å². The van der Waals surface area contributed by atoms with E-state index in [1.807, 2.05) is 0 Å². The molecule has 4 N–H and O–H groups in total. The van der Waals surface area contributed by atoms with E-state index in [1.165, 1.54) is 0 Å². The third-order valence-electron chi connectivity index (χ3n) is 7.06. The van der Waals surface area contributed by atoms with E-state index >= 15 is 0 Å². The Kier molecular flexibility index (Phi) is 4.14. The van der Waals surface area contributed by atoms with Crippen LogP contribution < -0.4 is 11.1 Å². The number of carbonyl (C=O) groups is 1. The predicted octanol–water partition coefficient (Wildman–Crippen LogP) is 3.36. The van der Waals surface area contributed by atoms with Crippen molar-refractivity contribution in [3.63, 3.8) is 0 Å². The number of hydrogen-bond donors (Lipinski definition) is 3. The topological polar surface area (TPSA) is 75.3 Å². The molecule has 1 aromatic rings. The highest BCUT2D eigenvalue weighted by atomic mass is 19.4. The molecule has 3 saturated carbocycles. The first-order valence-electron chi connectivity index (χ1n) is 9.31. The van der Waals surface area contributed by atoms with Crippen molar-refractivity contribution in [1.82, 2.24) is 5.32 Å². The largest absolute Gasteiger partial charge is 0.416 e. The second kappa shape index (κ2) is 5.87. The molecule has 0 heterocycles. The standard InChI is InChI=1S/C19H20F6N2O2/c20-18(21,22)11-4-10(5-12(6-11)19(23,24)25)9-27-14(28)16-8-13(26)7-15(16)2-1-3-17(15,16)29/h4-6,13,29H,1-3,7-9,26H2,(H,27,28)/t13-,15?,16-,17?/m1/s1. The molecule has 3 fully saturated rings. The molecule has 1 amide bonds. The molecule has 1 spiro atoms. The summed E-state index contributed by atoms with van der Waals surface area (Å²) in [7, 11) is 0. The number of rotatable bonds is 3. The number of aliphatic hydroxyl groups is 1. The summed E-state index contributed by atoms with van der Waals surface area (Å²) >= 11 is 0. The molecule has 4 atom stereocenters. The summed E-state index contributed by atoms with van der Waals surface area (Å²) < 4.78 is 78.0. The Bertz CT molecular complexity index is 837. The van der Waals surface area contributed by atoms with E-state index in [0.717, 1.165) is 6.42 Å². The highest BCUT2D eigenvalue weighted by molar-refractivity contribution is 5.91. The molecule has 10 heteroatoms. The number of alkyl halides is 6. The molecular weight excluding hydrogens is 402 g/mol. The Morgan fingerprint density at radius 2 is 1.66 bits per heavy atom. The van der Waals surface area contributed by atoms with Gasteiger partial charge in [0.1, 0.15) is 0 Å². The molecule has 4 rings (SSSR count). The van der Waals surface area contributed by atoms with Gasteiger partial charge in [0.05, 0.1) is 22.1 Å². The number of nitrogens with one attached hydrogen (secondary N) is 1. The van der Waals surface area contributed by atoms with E-state index in [0.29, 0.717) is 31.4 Å². The first-order chi connectivity index (χ1) is 13.3. The van der Waals surface area contributed by atoms with Crippen molar-refractivity contribution in [2.24, 2.45) is 16.6 Å². The Labute approximate surface area is 162 Å². The van der Waals surface area contributed by atoms with Crippen molar-refractivity contribution in [1.29, 1.82) is 0 Å². The molecule has 0 aromatic heterocycles. The van der Waals surface area contributed by atoms with Crippen LogP contribution in [0.2, 0.25) is 0 Å². The Balaban J connectivity index is 1.58. The third kappa shape index (κ3) is 2.64. The average Bonchev–Trinajstić information content (AvgIpc) is 2.92. The van der Waals surface area contributed by atoms with Crippen LogP contribution in [0.1, 0.15) is 48.8 Å². The van der Waals surface area contributed by atoms with Crippen molar-refractivity contribution in [2.45, 2.75) is 62.6 Å². The van der Waals surface area contributed by atoms with Crippen LogP contribution in [-0.2, 0) is 23.7 Å². The van der Waals surface area contributed by atoms with Crippen LogP contribution in [0, 0.1) is 10.8 Å². The van der Waals surface area contributed by atoms with E-state index in [1.54, 1.807) is 0 Å². The molecule has 0 aliphatic heterocycles. The maximum absolute atomic E-state index is 13.0. The van der Waals surface area contributed by atoms with Crippen LogP contribution in [0.15, 0.2) is 18.2 Å². The van der Waals surface area contributed by atoms with Gasteiger partial charge in [-0.25, -0.2) is 0 Å². The van der Waals surface area contributed by atoms with Crippen LogP contribution in [0.5, 0.6) is 0 Å². The molecule has 29 heavy (non-hydrogen) atoms. The normalized spacial score (nSPS) is 35.9. The molecule has 160 valence electrons. The van der Waals surface area contributed by atoms with E-state index in [9.17, 15) is 36.2 Å². The minimum atomic E-state index is -4.95. The van der Waals surface area contributed by atoms with Gasteiger partial charge in [-0.1, -0.05) is 0 Å². The zero-order valence-electron chi connectivity index (χ0n) is 15.3.